The van der Waals surface area contributed by atoms with E-state index in [0.717, 1.165) is 42.7 Å². The Balaban J connectivity index is 1.69. The molecule has 1 aromatic rings. The number of aliphatic hydroxyl groups excluding tert-OH is 1. The summed E-state index contributed by atoms with van der Waals surface area (Å²) >= 11 is 5.83. The molecule has 2 rings (SSSR count). The van der Waals surface area contributed by atoms with Gasteiger partial charge in [0.15, 0.2) is 0 Å². The molecule has 1 aromatic carbocycles. The fourth-order valence-electron chi connectivity index (χ4n) is 2.70. The Hall–Kier alpha value is -1.06. The molecule has 1 aliphatic carbocycles. The molecule has 0 saturated heterocycles. The minimum absolute atomic E-state index is 0.118. The Bertz CT molecular complexity index is 425. The van der Waals surface area contributed by atoms with Gasteiger partial charge >= 0.3 is 0 Å². The smallest absolute Gasteiger partial charge is 0.220 e. The quantitative estimate of drug-likeness (QED) is 0.877. The molecule has 3 nitrogen and oxygen atoms in total. The lowest BCUT2D eigenvalue weighted by Gasteiger charge is -2.27. The zero-order valence-corrected chi connectivity index (χ0v) is 12.4. The fraction of sp³-hybridized carbons (Fsp3) is 0.562. The standard InChI is InChI=1S/C16H22ClNO2/c17-14-6-1-12(2-7-14)5-10-16(20)18-15-8-3-13(11-19)4-9-15/h1-2,6-7,13,15,19H,3-5,8-11H2,(H,18,20). The minimum atomic E-state index is 0.118. The molecule has 0 radical (unpaired) electrons. The maximum Gasteiger partial charge on any atom is 0.220 e. The highest BCUT2D eigenvalue weighted by molar-refractivity contribution is 6.30. The van der Waals surface area contributed by atoms with Gasteiger partial charge in [-0.05, 0) is 55.7 Å². The van der Waals surface area contributed by atoms with Crippen molar-refractivity contribution >= 4 is 17.5 Å². The van der Waals surface area contributed by atoms with Crippen LogP contribution in [0.2, 0.25) is 5.02 Å². The van der Waals surface area contributed by atoms with Crippen LogP contribution in [0.3, 0.4) is 0 Å². The van der Waals surface area contributed by atoms with Gasteiger partial charge in [0.1, 0.15) is 0 Å². The normalized spacial score (nSPS) is 22.5. The molecule has 20 heavy (non-hydrogen) atoms. The molecule has 1 amide bonds. The number of rotatable bonds is 5. The van der Waals surface area contributed by atoms with E-state index in [2.05, 4.69) is 5.32 Å². The lowest BCUT2D eigenvalue weighted by Crippen LogP contribution is -2.38. The minimum Gasteiger partial charge on any atom is -0.396 e. The van der Waals surface area contributed by atoms with Crippen molar-refractivity contribution in [3.63, 3.8) is 0 Å². The van der Waals surface area contributed by atoms with Crippen molar-refractivity contribution in [3.8, 4) is 0 Å². The first-order valence-corrected chi connectivity index (χ1v) is 7.70. The van der Waals surface area contributed by atoms with Crippen molar-refractivity contribution in [1.82, 2.24) is 5.32 Å². The third kappa shape index (κ3) is 4.80. The van der Waals surface area contributed by atoms with Crippen LogP contribution in [0.15, 0.2) is 24.3 Å². The van der Waals surface area contributed by atoms with Crippen LogP contribution in [0, 0.1) is 5.92 Å². The van der Waals surface area contributed by atoms with Crippen LogP contribution in [0.1, 0.15) is 37.7 Å². The van der Waals surface area contributed by atoms with Crippen molar-refractivity contribution in [1.29, 1.82) is 0 Å². The molecule has 0 atom stereocenters. The Morgan fingerprint density at radius 1 is 1.20 bits per heavy atom. The van der Waals surface area contributed by atoms with Crippen LogP contribution in [-0.4, -0.2) is 23.7 Å². The number of carbonyl (C=O) groups excluding carboxylic acids is 1. The Labute approximate surface area is 125 Å². The van der Waals surface area contributed by atoms with Crippen molar-refractivity contribution in [2.75, 3.05) is 6.61 Å². The van der Waals surface area contributed by atoms with Crippen LogP contribution in [0.25, 0.3) is 0 Å². The molecule has 1 fully saturated rings. The first-order valence-electron chi connectivity index (χ1n) is 7.32. The summed E-state index contributed by atoms with van der Waals surface area (Å²) in [5.41, 5.74) is 1.13. The largest absolute Gasteiger partial charge is 0.396 e. The van der Waals surface area contributed by atoms with Crippen LogP contribution in [0.5, 0.6) is 0 Å². The molecule has 110 valence electrons. The maximum atomic E-state index is 11.9. The molecule has 1 aliphatic rings. The van der Waals surface area contributed by atoms with E-state index in [9.17, 15) is 4.79 Å². The monoisotopic (exact) mass is 295 g/mol. The molecule has 0 aliphatic heterocycles. The predicted molar refractivity (Wildman–Crippen MR) is 80.7 cm³/mol. The molecular weight excluding hydrogens is 274 g/mol. The van der Waals surface area contributed by atoms with Crippen LogP contribution >= 0.6 is 11.6 Å². The number of carbonyl (C=O) groups is 1. The van der Waals surface area contributed by atoms with E-state index in [1.807, 2.05) is 24.3 Å². The highest BCUT2D eigenvalue weighted by atomic mass is 35.5. The van der Waals surface area contributed by atoms with E-state index in [0.29, 0.717) is 12.3 Å². The summed E-state index contributed by atoms with van der Waals surface area (Å²) in [6.45, 7) is 0.275. The second-order valence-corrected chi connectivity index (χ2v) is 6.03. The van der Waals surface area contributed by atoms with Gasteiger partial charge in [0, 0.05) is 24.1 Å². The van der Waals surface area contributed by atoms with Gasteiger partial charge in [-0.25, -0.2) is 0 Å². The van der Waals surface area contributed by atoms with E-state index in [4.69, 9.17) is 16.7 Å². The topological polar surface area (TPSA) is 49.3 Å². The van der Waals surface area contributed by atoms with E-state index in [-0.39, 0.29) is 18.6 Å². The fourth-order valence-corrected chi connectivity index (χ4v) is 2.82. The van der Waals surface area contributed by atoms with E-state index >= 15 is 0 Å². The highest BCUT2D eigenvalue weighted by Gasteiger charge is 2.21. The van der Waals surface area contributed by atoms with E-state index in [1.165, 1.54) is 0 Å². The second kappa shape index (κ2) is 7.65. The number of halogens is 1. The summed E-state index contributed by atoms with van der Waals surface area (Å²) in [7, 11) is 0. The lowest BCUT2D eigenvalue weighted by molar-refractivity contribution is -0.122. The molecule has 1 saturated carbocycles. The molecule has 0 aromatic heterocycles. The summed E-state index contributed by atoms with van der Waals surface area (Å²) in [5.74, 6) is 0.546. The van der Waals surface area contributed by atoms with Gasteiger partial charge in [0.2, 0.25) is 5.91 Å². The second-order valence-electron chi connectivity index (χ2n) is 5.59. The third-order valence-corrected chi connectivity index (χ3v) is 4.28. The number of hydrogen-bond acceptors (Lipinski definition) is 2. The summed E-state index contributed by atoms with van der Waals surface area (Å²) in [4.78, 5) is 11.9. The summed E-state index contributed by atoms with van der Waals surface area (Å²) < 4.78 is 0. The number of aliphatic hydroxyl groups is 1. The van der Waals surface area contributed by atoms with E-state index < -0.39 is 0 Å². The predicted octanol–water partition coefficient (Wildman–Crippen LogP) is 2.94. The summed E-state index contributed by atoms with van der Waals surface area (Å²) in [6.07, 6.45) is 5.25. The first kappa shape index (κ1) is 15.3. The van der Waals surface area contributed by atoms with Crippen LogP contribution in [-0.2, 0) is 11.2 Å². The molecule has 0 bridgehead atoms. The van der Waals surface area contributed by atoms with Gasteiger partial charge in [-0.1, -0.05) is 23.7 Å². The SMILES string of the molecule is O=C(CCc1ccc(Cl)cc1)NC1CCC(CO)CC1. The lowest BCUT2D eigenvalue weighted by atomic mass is 9.86. The first-order chi connectivity index (χ1) is 9.67. The number of benzene rings is 1. The molecule has 0 unspecified atom stereocenters. The number of amides is 1. The van der Waals surface area contributed by atoms with Gasteiger partial charge in [-0.15, -0.1) is 0 Å². The molecule has 2 N–H and O–H groups in total. The Morgan fingerprint density at radius 2 is 1.85 bits per heavy atom. The van der Waals surface area contributed by atoms with Gasteiger partial charge in [-0.3, -0.25) is 4.79 Å². The molecule has 0 spiro atoms. The molecular formula is C16H22ClNO2. The Morgan fingerprint density at radius 3 is 2.45 bits per heavy atom. The zero-order chi connectivity index (χ0) is 14.4. The van der Waals surface area contributed by atoms with Gasteiger partial charge in [0.05, 0.1) is 0 Å². The Kier molecular flexibility index (Phi) is 5.86. The zero-order valence-electron chi connectivity index (χ0n) is 11.6. The van der Waals surface area contributed by atoms with Crippen LogP contribution in [0.4, 0.5) is 0 Å². The maximum absolute atomic E-state index is 11.9. The van der Waals surface area contributed by atoms with E-state index in [1.54, 1.807) is 0 Å². The van der Waals surface area contributed by atoms with Crippen molar-refractivity contribution < 1.29 is 9.90 Å². The van der Waals surface area contributed by atoms with Gasteiger partial charge < -0.3 is 10.4 Å². The summed E-state index contributed by atoms with van der Waals surface area (Å²) in [6, 6.07) is 7.91. The highest BCUT2D eigenvalue weighted by Crippen LogP contribution is 2.23. The van der Waals surface area contributed by atoms with Crippen LogP contribution < -0.4 is 5.32 Å². The summed E-state index contributed by atoms with van der Waals surface area (Å²) in [5, 5.41) is 12.9. The number of aryl methyl sites for hydroxylation is 1. The number of hydrogen-bond donors (Lipinski definition) is 2. The number of nitrogens with one attached hydrogen (secondary N) is 1. The van der Waals surface area contributed by atoms with Gasteiger partial charge in [-0.2, -0.15) is 0 Å². The average Bonchev–Trinajstić information content (AvgIpc) is 2.47. The van der Waals surface area contributed by atoms with Crippen molar-refractivity contribution in [2.24, 2.45) is 5.92 Å². The third-order valence-electron chi connectivity index (χ3n) is 4.02. The molecule has 0 heterocycles. The van der Waals surface area contributed by atoms with Crippen molar-refractivity contribution in [2.45, 2.75) is 44.6 Å². The average molecular weight is 296 g/mol. The van der Waals surface area contributed by atoms with Gasteiger partial charge in [0.25, 0.3) is 0 Å². The molecule has 4 heteroatoms. The van der Waals surface area contributed by atoms with Crippen molar-refractivity contribution in [3.05, 3.63) is 34.9 Å².